The fraction of sp³-hybridized carbons (Fsp3) is 0.526. The number of carbonyl (C=O) groups is 1. The molecule has 0 bridgehead atoms. The molecule has 1 amide bonds. The van der Waals surface area contributed by atoms with Crippen LogP contribution in [0.5, 0.6) is 0 Å². The predicted molar refractivity (Wildman–Crippen MR) is 183 cm³/mol. The summed E-state index contributed by atoms with van der Waals surface area (Å²) in [4.78, 5) is 23.0. The van der Waals surface area contributed by atoms with E-state index >= 15 is 0 Å². The first-order valence-electron chi connectivity index (χ1n) is 17.2. The molecule has 0 atom stereocenters. The molecule has 1 saturated carbocycles. The molecule has 0 radical (unpaired) electrons. The predicted octanol–water partition coefficient (Wildman–Crippen LogP) is 7.26. The lowest BCUT2D eigenvalue weighted by Crippen LogP contribution is -2.37. The number of amides is 1. The second-order valence-electron chi connectivity index (χ2n) is 13.5. The van der Waals surface area contributed by atoms with Crippen molar-refractivity contribution < 1.29 is 9.53 Å². The van der Waals surface area contributed by atoms with Gasteiger partial charge in [0, 0.05) is 51.7 Å². The standard InChI is InChI=1S/C38H51N5O2/c1-29-37(43(28-39-29)21-18-30-16-19-41(20-17-30)24-31-10-5-4-6-11-31)27-42-25-35(36(26-42)38(44)40(2)22-23-45-3)34-15-9-13-32-12-7-8-14-33(32)34/h7-9,12-15,25-26,28,30-31H,4-6,10-11,16-24,27H2,1-3H3. The maximum Gasteiger partial charge on any atom is 0.255 e. The Balaban J connectivity index is 1.17. The first-order valence-corrected chi connectivity index (χ1v) is 17.2. The molecular weight excluding hydrogens is 558 g/mol. The van der Waals surface area contributed by atoms with Crippen LogP contribution in [0.4, 0.5) is 0 Å². The molecule has 45 heavy (non-hydrogen) atoms. The molecule has 2 aliphatic rings. The van der Waals surface area contributed by atoms with Crippen molar-refractivity contribution in [1.29, 1.82) is 0 Å². The Morgan fingerprint density at radius 2 is 1.73 bits per heavy atom. The van der Waals surface area contributed by atoms with E-state index in [2.05, 4.69) is 69.6 Å². The normalized spacial score (nSPS) is 16.9. The van der Waals surface area contributed by atoms with Gasteiger partial charge in [-0.25, -0.2) is 4.98 Å². The number of benzene rings is 2. The maximum absolute atomic E-state index is 13.8. The highest BCUT2D eigenvalue weighted by Crippen LogP contribution is 2.33. The molecular formula is C38H51N5O2. The van der Waals surface area contributed by atoms with E-state index in [0.29, 0.717) is 25.3 Å². The van der Waals surface area contributed by atoms with E-state index in [-0.39, 0.29) is 5.91 Å². The molecule has 0 unspecified atom stereocenters. The molecule has 4 aromatic rings. The van der Waals surface area contributed by atoms with Gasteiger partial charge in [-0.2, -0.15) is 0 Å². The maximum atomic E-state index is 13.8. The van der Waals surface area contributed by atoms with E-state index in [1.807, 2.05) is 19.6 Å². The molecule has 1 aliphatic carbocycles. The number of likely N-dealkylation sites (tertiary alicyclic amines) is 1. The second-order valence-corrected chi connectivity index (χ2v) is 13.5. The van der Waals surface area contributed by atoms with E-state index in [1.54, 1.807) is 12.0 Å². The number of hydrogen-bond donors (Lipinski definition) is 0. The summed E-state index contributed by atoms with van der Waals surface area (Å²) in [5.74, 6) is 1.72. The summed E-state index contributed by atoms with van der Waals surface area (Å²) in [5, 5.41) is 2.32. The molecule has 240 valence electrons. The van der Waals surface area contributed by atoms with Crippen LogP contribution in [0.25, 0.3) is 21.9 Å². The summed E-state index contributed by atoms with van der Waals surface area (Å²) in [7, 11) is 3.52. The number of imidazole rings is 1. The van der Waals surface area contributed by atoms with Crippen LogP contribution >= 0.6 is 0 Å². The van der Waals surface area contributed by atoms with Crippen molar-refractivity contribution in [1.82, 2.24) is 23.9 Å². The molecule has 0 N–H and O–H groups in total. The number of aryl methyl sites for hydroxylation is 2. The van der Waals surface area contributed by atoms with Crippen molar-refractivity contribution in [3.8, 4) is 11.1 Å². The van der Waals surface area contributed by atoms with E-state index in [1.165, 1.54) is 82.1 Å². The van der Waals surface area contributed by atoms with Gasteiger partial charge in [0.15, 0.2) is 0 Å². The first kappa shape index (κ1) is 31.6. The average Bonchev–Trinajstić information content (AvgIpc) is 3.66. The van der Waals surface area contributed by atoms with E-state index < -0.39 is 0 Å². The fourth-order valence-electron chi connectivity index (χ4n) is 7.57. The van der Waals surface area contributed by atoms with Gasteiger partial charge < -0.3 is 23.7 Å². The summed E-state index contributed by atoms with van der Waals surface area (Å²) in [6.07, 6.45) is 17.2. The fourth-order valence-corrected chi connectivity index (χ4v) is 7.57. The van der Waals surface area contributed by atoms with Gasteiger partial charge in [0.05, 0.1) is 36.4 Å². The zero-order valence-corrected chi connectivity index (χ0v) is 27.6. The Bertz CT molecular complexity index is 1550. The van der Waals surface area contributed by atoms with Crippen molar-refractivity contribution in [2.24, 2.45) is 11.8 Å². The zero-order chi connectivity index (χ0) is 31.2. The smallest absolute Gasteiger partial charge is 0.255 e. The van der Waals surface area contributed by atoms with Crippen LogP contribution in [0.15, 0.2) is 61.2 Å². The lowest BCUT2D eigenvalue weighted by Gasteiger charge is -2.35. The highest BCUT2D eigenvalue weighted by Gasteiger charge is 2.24. The molecule has 7 nitrogen and oxygen atoms in total. The number of aromatic nitrogens is 3. The van der Waals surface area contributed by atoms with E-state index in [4.69, 9.17) is 9.72 Å². The zero-order valence-electron chi connectivity index (χ0n) is 27.6. The Hall–Kier alpha value is -3.42. The van der Waals surface area contributed by atoms with Gasteiger partial charge in [-0.05, 0) is 80.3 Å². The number of hydrogen-bond acceptors (Lipinski definition) is 4. The lowest BCUT2D eigenvalue weighted by molar-refractivity contribution is 0.0745. The van der Waals surface area contributed by atoms with Crippen LogP contribution in [0.3, 0.4) is 0 Å². The number of rotatable bonds is 12. The average molecular weight is 610 g/mol. The molecule has 1 saturated heterocycles. The topological polar surface area (TPSA) is 55.5 Å². The third kappa shape index (κ3) is 7.53. The minimum Gasteiger partial charge on any atom is -0.383 e. The second kappa shape index (κ2) is 14.8. The number of likely N-dealkylation sites (N-methyl/N-ethyl adjacent to an activating group) is 1. The number of ether oxygens (including phenoxy) is 1. The minimum absolute atomic E-state index is 0.00814. The van der Waals surface area contributed by atoms with Gasteiger partial charge in [0.1, 0.15) is 0 Å². The van der Waals surface area contributed by atoms with Crippen molar-refractivity contribution in [3.05, 3.63) is 78.1 Å². The first-order chi connectivity index (χ1) is 22.0. The summed E-state index contributed by atoms with van der Waals surface area (Å²) >= 11 is 0. The Kier molecular flexibility index (Phi) is 10.4. The Morgan fingerprint density at radius 1 is 0.956 bits per heavy atom. The molecule has 3 heterocycles. The van der Waals surface area contributed by atoms with Crippen molar-refractivity contribution in [3.63, 3.8) is 0 Å². The summed E-state index contributed by atoms with van der Waals surface area (Å²) in [6, 6.07) is 14.7. The third-order valence-corrected chi connectivity index (χ3v) is 10.4. The summed E-state index contributed by atoms with van der Waals surface area (Å²) < 4.78 is 9.80. The Labute approximate surface area is 269 Å². The quantitative estimate of drug-likeness (QED) is 0.170. The lowest BCUT2D eigenvalue weighted by atomic mass is 9.87. The highest BCUT2D eigenvalue weighted by atomic mass is 16.5. The summed E-state index contributed by atoms with van der Waals surface area (Å²) in [6.45, 7) is 8.66. The van der Waals surface area contributed by atoms with Crippen molar-refractivity contribution in [2.45, 2.75) is 71.4 Å². The van der Waals surface area contributed by atoms with Crippen molar-refractivity contribution >= 4 is 16.7 Å². The van der Waals surface area contributed by atoms with Gasteiger partial charge in [0.2, 0.25) is 0 Å². The van der Waals surface area contributed by atoms with Crippen LogP contribution in [0, 0.1) is 18.8 Å². The summed E-state index contributed by atoms with van der Waals surface area (Å²) in [5.41, 5.74) is 5.03. The number of methoxy groups -OCH3 is 1. The van der Waals surface area contributed by atoms with Gasteiger partial charge in [-0.1, -0.05) is 61.7 Å². The molecule has 6 rings (SSSR count). The van der Waals surface area contributed by atoms with Gasteiger partial charge in [-0.15, -0.1) is 0 Å². The largest absolute Gasteiger partial charge is 0.383 e. The van der Waals surface area contributed by atoms with Gasteiger partial charge in [0.25, 0.3) is 5.91 Å². The van der Waals surface area contributed by atoms with E-state index in [0.717, 1.165) is 40.6 Å². The molecule has 2 aromatic carbocycles. The monoisotopic (exact) mass is 609 g/mol. The minimum atomic E-state index is 0.00814. The molecule has 0 spiro atoms. The molecule has 2 aromatic heterocycles. The van der Waals surface area contributed by atoms with Crippen LogP contribution < -0.4 is 0 Å². The number of fused-ring (bicyclic) bond motifs is 1. The highest BCUT2D eigenvalue weighted by molar-refractivity contribution is 6.05. The molecule has 2 fully saturated rings. The molecule has 7 heteroatoms. The van der Waals surface area contributed by atoms with Crippen molar-refractivity contribution in [2.75, 3.05) is 46.9 Å². The number of nitrogens with zero attached hydrogens (tertiary/aromatic N) is 5. The third-order valence-electron chi connectivity index (χ3n) is 10.4. The van der Waals surface area contributed by atoms with Crippen LogP contribution in [0.1, 0.15) is 73.1 Å². The number of carbonyl (C=O) groups excluding carboxylic acids is 1. The SMILES string of the molecule is COCCN(C)C(=O)c1cn(Cc2c(C)ncn2CCC2CCN(CC3CCCCC3)CC2)cc1-c1cccc2ccccc12. The van der Waals surface area contributed by atoms with E-state index in [9.17, 15) is 4.79 Å². The van der Waals surface area contributed by atoms with Gasteiger partial charge >= 0.3 is 0 Å². The molecule has 1 aliphatic heterocycles. The number of piperidine rings is 1. The Morgan fingerprint density at radius 3 is 2.53 bits per heavy atom. The van der Waals surface area contributed by atoms with Crippen LogP contribution in [-0.4, -0.2) is 76.8 Å². The van der Waals surface area contributed by atoms with Gasteiger partial charge in [-0.3, -0.25) is 4.79 Å². The van der Waals surface area contributed by atoms with Crippen LogP contribution in [-0.2, 0) is 17.8 Å². The van der Waals surface area contributed by atoms with Crippen LogP contribution in [0.2, 0.25) is 0 Å².